The Kier molecular flexibility index (Phi) is 3.41. The van der Waals surface area contributed by atoms with Crippen LogP contribution in [0.5, 0.6) is 0 Å². The normalized spacial score (nSPS) is 22.4. The highest BCUT2D eigenvalue weighted by Gasteiger charge is 2.21. The Labute approximate surface area is 96.5 Å². The monoisotopic (exact) mass is 221 g/mol. The van der Waals surface area contributed by atoms with Gasteiger partial charge < -0.3 is 14.9 Å². The summed E-state index contributed by atoms with van der Waals surface area (Å²) in [6, 6.07) is 4.50. The molecule has 88 valence electrons. The molecule has 0 spiro atoms. The zero-order valence-electron chi connectivity index (χ0n) is 9.93. The molecule has 1 atom stereocenters. The van der Waals surface area contributed by atoms with Crippen molar-refractivity contribution in [1.82, 2.24) is 9.88 Å². The molecule has 1 aliphatic rings. The van der Waals surface area contributed by atoms with Crippen LogP contribution in [0, 0.1) is 0 Å². The lowest BCUT2D eigenvalue weighted by molar-refractivity contribution is 0.273. The lowest BCUT2D eigenvalue weighted by Gasteiger charge is -2.39. The highest BCUT2D eigenvalue weighted by atomic mass is 16.3. The molecule has 1 N–H and O–H groups in total. The Hall–Kier alpha value is -1.13. The fraction of sp³-hybridized carbons (Fsp3) is 0.583. The average Bonchev–Trinajstić information content (AvgIpc) is 2.29. The molecule has 0 radical (unpaired) electrons. The first-order valence-electron chi connectivity index (χ1n) is 5.71. The molecule has 0 aliphatic carbocycles. The van der Waals surface area contributed by atoms with Crippen molar-refractivity contribution in [2.24, 2.45) is 0 Å². The molecule has 1 fully saturated rings. The topological polar surface area (TPSA) is 39.6 Å². The van der Waals surface area contributed by atoms with Crippen molar-refractivity contribution < 1.29 is 5.11 Å². The van der Waals surface area contributed by atoms with Crippen LogP contribution in [0.1, 0.15) is 12.6 Å². The second-order valence-electron chi connectivity index (χ2n) is 4.47. The molecule has 0 bridgehead atoms. The lowest BCUT2D eigenvalue weighted by Crippen LogP contribution is -2.50. The average molecular weight is 221 g/mol. The van der Waals surface area contributed by atoms with Gasteiger partial charge in [-0.05, 0) is 26.1 Å². The number of aliphatic hydroxyl groups excluding tert-OH is 1. The fourth-order valence-corrected chi connectivity index (χ4v) is 2.25. The van der Waals surface area contributed by atoms with Gasteiger partial charge >= 0.3 is 0 Å². The molecule has 2 heterocycles. The zero-order chi connectivity index (χ0) is 11.5. The quantitative estimate of drug-likeness (QED) is 0.798. The number of nitrogens with zero attached hydrogens (tertiary/aromatic N) is 3. The smallest absolute Gasteiger partial charge is 0.0853 e. The van der Waals surface area contributed by atoms with Crippen molar-refractivity contribution in [2.45, 2.75) is 19.6 Å². The minimum atomic E-state index is 0.00988. The van der Waals surface area contributed by atoms with Gasteiger partial charge in [0.05, 0.1) is 12.3 Å². The van der Waals surface area contributed by atoms with Gasteiger partial charge in [-0.3, -0.25) is 4.98 Å². The third kappa shape index (κ3) is 2.33. The number of hydrogen-bond donors (Lipinski definition) is 1. The highest BCUT2D eigenvalue weighted by molar-refractivity contribution is 5.48. The molecular weight excluding hydrogens is 202 g/mol. The molecule has 0 amide bonds. The minimum absolute atomic E-state index is 0.00988. The molecule has 4 nitrogen and oxygen atoms in total. The van der Waals surface area contributed by atoms with E-state index in [-0.39, 0.29) is 6.61 Å². The summed E-state index contributed by atoms with van der Waals surface area (Å²) in [5, 5.41) is 9.08. The zero-order valence-corrected chi connectivity index (χ0v) is 9.93. The molecule has 16 heavy (non-hydrogen) atoms. The van der Waals surface area contributed by atoms with Gasteiger partial charge in [-0.25, -0.2) is 0 Å². The van der Waals surface area contributed by atoms with Gasteiger partial charge in [0.25, 0.3) is 0 Å². The maximum Gasteiger partial charge on any atom is 0.0853 e. The molecule has 1 aromatic heterocycles. The minimum Gasteiger partial charge on any atom is -0.390 e. The van der Waals surface area contributed by atoms with Crippen LogP contribution in [-0.2, 0) is 6.61 Å². The molecule has 1 aliphatic heterocycles. The van der Waals surface area contributed by atoms with Crippen LogP contribution in [-0.4, -0.2) is 47.7 Å². The molecule has 1 unspecified atom stereocenters. The molecule has 2 rings (SSSR count). The summed E-state index contributed by atoms with van der Waals surface area (Å²) >= 11 is 0. The van der Waals surface area contributed by atoms with E-state index in [1.54, 1.807) is 6.20 Å². The number of aliphatic hydroxyl groups is 1. The van der Waals surface area contributed by atoms with Crippen molar-refractivity contribution in [3.63, 3.8) is 0 Å². The van der Waals surface area contributed by atoms with E-state index in [4.69, 9.17) is 5.11 Å². The van der Waals surface area contributed by atoms with E-state index >= 15 is 0 Å². The predicted octanol–water partition coefficient (Wildman–Crippen LogP) is 0.714. The van der Waals surface area contributed by atoms with E-state index in [0.717, 1.165) is 25.3 Å². The van der Waals surface area contributed by atoms with Crippen molar-refractivity contribution in [3.8, 4) is 0 Å². The van der Waals surface area contributed by atoms with Gasteiger partial charge in [0.2, 0.25) is 0 Å². The number of piperazine rings is 1. The molecule has 0 saturated carbocycles. The number of hydrogen-bond acceptors (Lipinski definition) is 4. The van der Waals surface area contributed by atoms with Gasteiger partial charge in [-0.2, -0.15) is 0 Å². The molecular formula is C12H19N3O. The third-order valence-electron chi connectivity index (χ3n) is 3.12. The third-order valence-corrected chi connectivity index (χ3v) is 3.12. The Morgan fingerprint density at radius 1 is 1.50 bits per heavy atom. The van der Waals surface area contributed by atoms with Crippen LogP contribution in [0.15, 0.2) is 18.3 Å². The van der Waals surface area contributed by atoms with E-state index in [9.17, 15) is 0 Å². The lowest BCUT2D eigenvalue weighted by atomic mass is 10.1. The number of rotatable bonds is 2. The van der Waals surface area contributed by atoms with Crippen LogP contribution < -0.4 is 4.90 Å². The summed E-state index contributed by atoms with van der Waals surface area (Å²) in [5.74, 6) is 0. The number of likely N-dealkylation sites (N-methyl/N-ethyl adjacent to an activating group) is 1. The molecule has 1 saturated heterocycles. The van der Waals surface area contributed by atoms with E-state index in [0.29, 0.717) is 6.04 Å². The highest BCUT2D eigenvalue weighted by Crippen LogP contribution is 2.20. The first-order chi connectivity index (χ1) is 7.70. The summed E-state index contributed by atoms with van der Waals surface area (Å²) in [5.41, 5.74) is 1.91. The summed E-state index contributed by atoms with van der Waals surface area (Å²) in [4.78, 5) is 8.82. The SMILES string of the molecule is CC1CN(C)CCN1c1ccnc(CO)c1. The van der Waals surface area contributed by atoms with E-state index < -0.39 is 0 Å². The fourth-order valence-electron chi connectivity index (χ4n) is 2.25. The summed E-state index contributed by atoms with van der Waals surface area (Å²) in [6.45, 7) is 5.44. The molecule has 1 aromatic rings. The predicted molar refractivity (Wildman–Crippen MR) is 64.5 cm³/mol. The number of anilines is 1. The standard InChI is InChI=1S/C12H19N3O/c1-10-8-14(2)5-6-15(10)12-3-4-13-11(7-12)9-16/h3-4,7,10,16H,5-6,8-9H2,1-2H3. The summed E-state index contributed by atoms with van der Waals surface area (Å²) in [6.07, 6.45) is 1.77. The maximum absolute atomic E-state index is 9.08. The second-order valence-corrected chi connectivity index (χ2v) is 4.47. The van der Waals surface area contributed by atoms with Gasteiger partial charge in [0, 0.05) is 37.6 Å². The summed E-state index contributed by atoms with van der Waals surface area (Å²) in [7, 11) is 2.15. The van der Waals surface area contributed by atoms with Crippen molar-refractivity contribution in [1.29, 1.82) is 0 Å². The molecule has 0 aromatic carbocycles. The van der Waals surface area contributed by atoms with Gasteiger partial charge in [-0.1, -0.05) is 0 Å². The Balaban J connectivity index is 2.16. The van der Waals surface area contributed by atoms with Gasteiger partial charge in [0.1, 0.15) is 0 Å². The van der Waals surface area contributed by atoms with Crippen LogP contribution >= 0.6 is 0 Å². The van der Waals surface area contributed by atoms with Gasteiger partial charge in [-0.15, -0.1) is 0 Å². The van der Waals surface area contributed by atoms with Crippen molar-refractivity contribution in [3.05, 3.63) is 24.0 Å². The largest absolute Gasteiger partial charge is 0.390 e. The Morgan fingerprint density at radius 3 is 3.00 bits per heavy atom. The van der Waals surface area contributed by atoms with Crippen molar-refractivity contribution in [2.75, 3.05) is 31.6 Å². The van der Waals surface area contributed by atoms with Crippen LogP contribution in [0.2, 0.25) is 0 Å². The van der Waals surface area contributed by atoms with Crippen LogP contribution in [0.3, 0.4) is 0 Å². The first-order valence-corrected chi connectivity index (χ1v) is 5.71. The van der Waals surface area contributed by atoms with E-state index in [1.165, 1.54) is 5.69 Å². The maximum atomic E-state index is 9.08. The molecule has 4 heteroatoms. The number of pyridine rings is 1. The second kappa shape index (κ2) is 4.80. The Bertz CT molecular complexity index is 356. The van der Waals surface area contributed by atoms with Crippen molar-refractivity contribution >= 4 is 5.69 Å². The van der Waals surface area contributed by atoms with Gasteiger partial charge in [0.15, 0.2) is 0 Å². The Morgan fingerprint density at radius 2 is 2.31 bits per heavy atom. The first kappa shape index (κ1) is 11.4. The van der Waals surface area contributed by atoms with Crippen LogP contribution in [0.4, 0.5) is 5.69 Å². The van der Waals surface area contributed by atoms with E-state index in [2.05, 4.69) is 28.8 Å². The summed E-state index contributed by atoms with van der Waals surface area (Å²) < 4.78 is 0. The van der Waals surface area contributed by atoms with Crippen LogP contribution in [0.25, 0.3) is 0 Å². The van der Waals surface area contributed by atoms with E-state index in [1.807, 2.05) is 12.1 Å². The number of aromatic nitrogens is 1.